The number of carbonyl (C=O) groups excluding carboxylic acids is 1. The summed E-state index contributed by atoms with van der Waals surface area (Å²) in [5.74, 6) is 2.21. The Kier molecular flexibility index (Phi) is 4.47. The molecule has 2 aliphatic rings. The van der Waals surface area contributed by atoms with Gasteiger partial charge in [-0.1, -0.05) is 19.8 Å². The van der Waals surface area contributed by atoms with Crippen LogP contribution >= 0.6 is 0 Å². The summed E-state index contributed by atoms with van der Waals surface area (Å²) in [6.07, 6.45) is 6.82. The number of aromatic amines is 1. The van der Waals surface area contributed by atoms with Gasteiger partial charge >= 0.3 is 0 Å². The lowest BCUT2D eigenvalue weighted by Gasteiger charge is -2.27. The predicted molar refractivity (Wildman–Crippen MR) is 82.5 cm³/mol. The summed E-state index contributed by atoms with van der Waals surface area (Å²) in [6.45, 7) is 3.86. The Morgan fingerprint density at radius 2 is 2.23 bits per heavy atom. The van der Waals surface area contributed by atoms with E-state index in [-0.39, 0.29) is 23.8 Å². The molecule has 1 spiro atoms. The minimum absolute atomic E-state index is 0.0839. The molecular formula is C16H26N4O2. The van der Waals surface area contributed by atoms with Gasteiger partial charge in [-0.2, -0.15) is 5.10 Å². The Bertz CT molecular complexity index is 522. The molecule has 1 unspecified atom stereocenters. The van der Waals surface area contributed by atoms with E-state index in [1.807, 2.05) is 4.90 Å². The van der Waals surface area contributed by atoms with Crippen molar-refractivity contribution in [3.63, 3.8) is 0 Å². The number of H-pyrrole nitrogens is 1. The molecule has 2 heterocycles. The van der Waals surface area contributed by atoms with Crippen LogP contribution in [0, 0.1) is 5.41 Å². The van der Waals surface area contributed by atoms with Crippen LogP contribution in [0.2, 0.25) is 0 Å². The second kappa shape index (κ2) is 6.36. The van der Waals surface area contributed by atoms with Crippen LogP contribution in [0.4, 0.5) is 0 Å². The Labute approximate surface area is 131 Å². The first-order valence-corrected chi connectivity index (χ1v) is 8.36. The Hall–Kier alpha value is -1.43. The molecule has 1 atom stereocenters. The fourth-order valence-electron chi connectivity index (χ4n) is 4.13. The lowest BCUT2D eigenvalue weighted by atomic mass is 9.76. The largest absolute Gasteiger partial charge is 0.375 e. The average molecular weight is 306 g/mol. The molecule has 22 heavy (non-hydrogen) atoms. The maximum atomic E-state index is 12.2. The van der Waals surface area contributed by atoms with Gasteiger partial charge in [0.1, 0.15) is 12.4 Å². The number of likely N-dealkylation sites (tertiary alicyclic amines) is 1. The third-order valence-electron chi connectivity index (χ3n) is 5.22. The van der Waals surface area contributed by atoms with Crippen LogP contribution in [0.25, 0.3) is 0 Å². The number of hydrogen-bond donors (Lipinski definition) is 1. The van der Waals surface area contributed by atoms with Gasteiger partial charge in [-0.25, -0.2) is 4.98 Å². The summed E-state index contributed by atoms with van der Waals surface area (Å²) >= 11 is 0. The van der Waals surface area contributed by atoms with Crippen LogP contribution in [0.3, 0.4) is 0 Å². The topological polar surface area (TPSA) is 71.1 Å². The van der Waals surface area contributed by atoms with Crippen molar-refractivity contribution in [1.82, 2.24) is 20.1 Å². The molecule has 0 radical (unpaired) electrons. The Morgan fingerprint density at radius 3 is 2.91 bits per heavy atom. The van der Waals surface area contributed by atoms with Gasteiger partial charge in [0, 0.05) is 32.5 Å². The van der Waals surface area contributed by atoms with E-state index in [0.717, 1.165) is 37.6 Å². The highest BCUT2D eigenvalue weighted by Crippen LogP contribution is 2.52. The van der Waals surface area contributed by atoms with Crippen LogP contribution in [0.1, 0.15) is 56.6 Å². The molecule has 1 aromatic heterocycles. The zero-order valence-corrected chi connectivity index (χ0v) is 13.6. The van der Waals surface area contributed by atoms with Crippen LogP contribution in [-0.4, -0.2) is 52.8 Å². The van der Waals surface area contributed by atoms with Crippen molar-refractivity contribution >= 4 is 5.91 Å². The first-order valence-electron chi connectivity index (χ1n) is 8.36. The summed E-state index contributed by atoms with van der Waals surface area (Å²) in [4.78, 5) is 18.9. The number of nitrogens with one attached hydrogen (secondary N) is 1. The SMILES string of the molecule is CCCc1nc(C2CN(C(=O)COC)CC23CCCC3)n[nH]1. The van der Waals surface area contributed by atoms with Crippen LogP contribution in [0.15, 0.2) is 0 Å². The predicted octanol–water partition coefficient (Wildman–Crippen LogP) is 1.89. The standard InChI is InChI=1S/C16H26N4O2/c1-3-6-13-17-15(19-18-13)12-9-20(14(21)10-22-2)11-16(12)7-4-5-8-16/h12H,3-11H2,1-2H3,(H,17,18,19). The second-order valence-corrected chi connectivity index (χ2v) is 6.72. The molecule has 1 saturated carbocycles. The maximum absolute atomic E-state index is 12.2. The molecule has 6 nitrogen and oxygen atoms in total. The highest BCUT2D eigenvalue weighted by Gasteiger charge is 2.51. The number of aryl methyl sites for hydroxylation is 1. The number of amides is 1. The molecule has 1 aliphatic carbocycles. The summed E-state index contributed by atoms with van der Waals surface area (Å²) in [5.41, 5.74) is 0.176. The fourth-order valence-corrected chi connectivity index (χ4v) is 4.13. The van der Waals surface area contributed by atoms with E-state index < -0.39 is 0 Å². The minimum Gasteiger partial charge on any atom is -0.375 e. The van der Waals surface area contributed by atoms with Crippen molar-refractivity contribution in [3.05, 3.63) is 11.6 Å². The molecule has 1 saturated heterocycles. The molecule has 1 aromatic rings. The molecule has 122 valence electrons. The minimum atomic E-state index is 0.0839. The van der Waals surface area contributed by atoms with Gasteiger partial charge in [0.25, 0.3) is 0 Å². The highest BCUT2D eigenvalue weighted by atomic mass is 16.5. The van der Waals surface area contributed by atoms with Crippen LogP contribution in [-0.2, 0) is 16.0 Å². The Balaban J connectivity index is 1.81. The number of rotatable bonds is 5. The first-order chi connectivity index (χ1) is 10.7. The van der Waals surface area contributed by atoms with E-state index in [1.54, 1.807) is 7.11 Å². The normalized spacial score (nSPS) is 23.5. The third kappa shape index (κ3) is 2.76. The number of hydrogen-bond acceptors (Lipinski definition) is 4. The van der Waals surface area contributed by atoms with E-state index in [9.17, 15) is 4.79 Å². The van der Waals surface area contributed by atoms with Crippen molar-refractivity contribution in [2.75, 3.05) is 26.8 Å². The third-order valence-corrected chi connectivity index (χ3v) is 5.22. The average Bonchev–Trinajstić information content (AvgIpc) is 3.21. The summed E-state index contributed by atoms with van der Waals surface area (Å²) in [6, 6.07) is 0. The molecule has 1 amide bonds. The lowest BCUT2D eigenvalue weighted by molar-refractivity contribution is -0.134. The van der Waals surface area contributed by atoms with Gasteiger partial charge in [-0.3, -0.25) is 9.89 Å². The zero-order chi connectivity index (χ0) is 15.6. The molecular weight excluding hydrogens is 280 g/mol. The van der Waals surface area contributed by atoms with Crippen molar-refractivity contribution in [2.24, 2.45) is 5.41 Å². The molecule has 3 rings (SSSR count). The van der Waals surface area contributed by atoms with Gasteiger partial charge in [-0.15, -0.1) is 0 Å². The van der Waals surface area contributed by atoms with Crippen LogP contribution in [0.5, 0.6) is 0 Å². The van der Waals surface area contributed by atoms with Crippen molar-refractivity contribution in [3.8, 4) is 0 Å². The lowest BCUT2D eigenvalue weighted by Crippen LogP contribution is -2.33. The number of ether oxygens (including phenoxy) is 1. The van der Waals surface area contributed by atoms with Gasteiger partial charge in [-0.05, 0) is 24.7 Å². The summed E-state index contributed by atoms with van der Waals surface area (Å²) < 4.78 is 5.02. The zero-order valence-electron chi connectivity index (χ0n) is 13.6. The monoisotopic (exact) mass is 306 g/mol. The van der Waals surface area contributed by atoms with Crippen molar-refractivity contribution in [2.45, 2.75) is 51.4 Å². The highest BCUT2D eigenvalue weighted by molar-refractivity contribution is 5.78. The van der Waals surface area contributed by atoms with E-state index in [1.165, 1.54) is 25.7 Å². The molecule has 0 bridgehead atoms. The molecule has 0 aromatic carbocycles. The Morgan fingerprint density at radius 1 is 1.45 bits per heavy atom. The van der Waals surface area contributed by atoms with Crippen molar-refractivity contribution < 1.29 is 9.53 Å². The van der Waals surface area contributed by atoms with E-state index in [4.69, 9.17) is 9.72 Å². The second-order valence-electron chi connectivity index (χ2n) is 6.72. The molecule has 2 fully saturated rings. The summed E-state index contributed by atoms with van der Waals surface area (Å²) in [5, 5.41) is 7.54. The number of nitrogens with zero attached hydrogens (tertiary/aromatic N) is 3. The fraction of sp³-hybridized carbons (Fsp3) is 0.812. The van der Waals surface area contributed by atoms with Gasteiger partial charge < -0.3 is 9.64 Å². The van der Waals surface area contributed by atoms with Gasteiger partial charge in [0.05, 0.1) is 0 Å². The molecule has 1 N–H and O–H groups in total. The molecule has 6 heteroatoms. The van der Waals surface area contributed by atoms with Gasteiger partial charge in [0.2, 0.25) is 5.91 Å². The number of aromatic nitrogens is 3. The molecule has 1 aliphatic heterocycles. The van der Waals surface area contributed by atoms with E-state index >= 15 is 0 Å². The van der Waals surface area contributed by atoms with Crippen LogP contribution < -0.4 is 0 Å². The number of methoxy groups -OCH3 is 1. The smallest absolute Gasteiger partial charge is 0.248 e. The van der Waals surface area contributed by atoms with E-state index in [2.05, 4.69) is 17.1 Å². The number of carbonyl (C=O) groups is 1. The summed E-state index contributed by atoms with van der Waals surface area (Å²) in [7, 11) is 1.57. The van der Waals surface area contributed by atoms with E-state index in [0.29, 0.717) is 0 Å². The van der Waals surface area contributed by atoms with Gasteiger partial charge in [0.15, 0.2) is 5.82 Å². The maximum Gasteiger partial charge on any atom is 0.248 e. The first kappa shape index (κ1) is 15.5. The quantitative estimate of drug-likeness (QED) is 0.902. The van der Waals surface area contributed by atoms with Crippen molar-refractivity contribution in [1.29, 1.82) is 0 Å².